The average Bonchev–Trinajstić information content (AvgIpc) is 2.70. The number of nitrogens with two attached hydrogens (primary N) is 1. The summed E-state index contributed by atoms with van der Waals surface area (Å²) in [6, 6.07) is 11.9. The number of hydrazone groups is 1. The Bertz CT molecular complexity index is 906. The molecule has 0 radical (unpaired) electrons. The van der Waals surface area contributed by atoms with E-state index in [4.69, 9.17) is 10.5 Å². The summed E-state index contributed by atoms with van der Waals surface area (Å²) in [6.07, 6.45) is 0.655. The van der Waals surface area contributed by atoms with Gasteiger partial charge in [0.2, 0.25) is 0 Å². The smallest absolute Gasteiger partial charge is 0.387 e. The maximum absolute atomic E-state index is 12.8. The molecule has 6 nitrogen and oxygen atoms in total. The summed E-state index contributed by atoms with van der Waals surface area (Å²) in [4.78, 5) is 12.5. The highest BCUT2D eigenvalue weighted by Gasteiger charge is 2.30. The van der Waals surface area contributed by atoms with Gasteiger partial charge < -0.3 is 15.2 Å². The number of halogens is 2. The molecule has 29 heavy (non-hydrogen) atoms. The fourth-order valence-electron chi connectivity index (χ4n) is 2.91. The van der Waals surface area contributed by atoms with Crippen molar-refractivity contribution in [3.8, 4) is 11.5 Å². The second kappa shape index (κ2) is 9.13. The van der Waals surface area contributed by atoms with Gasteiger partial charge in [-0.25, -0.2) is 5.01 Å². The van der Waals surface area contributed by atoms with Crippen LogP contribution in [0.2, 0.25) is 0 Å². The summed E-state index contributed by atoms with van der Waals surface area (Å²) in [7, 11) is 1.38. The van der Waals surface area contributed by atoms with E-state index in [2.05, 4.69) is 9.84 Å². The first-order valence-corrected chi connectivity index (χ1v) is 9.83. The summed E-state index contributed by atoms with van der Waals surface area (Å²) in [5.74, 6) is 0.116. The highest BCUT2D eigenvalue weighted by molar-refractivity contribution is 8.14. The number of amides is 1. The third-order valence-electron chi connectivity index (χ3n) is 4.35. The summed E-state index contributed by atoms with van der Waals surface area (Å²) >= 11 is 1.16. The van der Waals surface area contributed by atoms with Crippen molar-refractivity contribution in [3.05, 3.63) is 53.6 Å². The fraction of sp³-hybridized carbons (Fsp3) is 0.300. The van der Waals surface area contributed by atoms with Crippen LogP contribution < -0.4 is 15.2 Å². The number of rotatable bonds is 7. The van der Waals surface area contributed by atoms with E-state index in [1.807, 2.05) is 19.1 Å². The van der Waals surface area contributed by atoms with Gasteiger partial charge in [-0.1, -0.05) is 30.8 Å². The summed E-state index contributed by atoms with van der Waals surface area (Å²) in [5.41, 5.74) is 8.43. The van der Waals surface area contributed by atoms with Crippen LogP contribution in [0.5, 0.6) is 11.5 Å². The van der Waals surface area contributed by atoms with Crippen LogP contribution in [0.25, 0.3) is 0 Å². The molecule has 2 N–H and O–H groups in total. The molecule has 0 saturated carbocycles. The van der Waals surface area contributed by atoms with Crippen LogP contribution in [0.4, 0.5) is 19.3 Å². The molecular weight excluding hydrogens is 400 g/mol. The normalized spacial score (nSPS) is 16.7. The number of nitrogens with zero attached hydrogens (tertiary/aromatic N) is 2. The molecule has 1 atom stereocenters. The summed E-state index contributed by atoms with van der Waals surface area (Å²) < 4.78 is 35.2. The molecule has 0 spiro atoms. The van der Waals surface area contributed by atoms with Gasteiger partial charge in [-0.05, 0) is 42.3 Å². The number of nitrogen functional groups attached to an aromatic ring is 1. The molecule has 1 amide bonds. The van der Waals surface area contributed by atoms with Crippen molar-refractivity contribution in [1.82, 2.24) is 5.01 Å². The first-order valence-electron chi connectivity index (χ1n) is 8.95. The number of carbonyl (C=O) groups excluding carboxylic acids is 1. The molecule has 3 rings (SSSR count). The Morgan fingerprint density at radius 1 is 1.21 bits per heavy atom. The van der Waals surface area contributed by atoms with E-state index in [0.29, 0.717) is 23.4 Å². The molecule has 154 valence electrons. The number of benzene rings is 2. The molecule has 9 heteroatoms. The number of carbonyl (C=O) groups is 1. The summed E-state index contributed by atoms with van der Waals surface area (Å²) in [5, 5.41) is 5.55. The van der Waals surface area contributed by atoms with Crippen LogP contribution in [0.3, 0.4) is 0 Å². The van der Waals surface area contributed by atoms with Gasteiger partial charge in [0.1, 0.15) is 0 Å². The minimum atomic E-state index is -2.98. The molecule has 0 bridgehead atoms. The van der Waals surface area contributed by atoms with E-state index in [-0.39, 0.29) is 28.5 Å². The van der Waals surface area contributed by atoms with Crippen LogP contribution in [-0.4, -0.2) is 34.9 Å². The number of hydrogen-bond acceptors (Lipinski definition) is 6. The Morgan fingerprint density at radius 2 is 1.93 bits per heavy atom. The SMILES string of the molecule is CCC1SC(=O)N(Cc2ccc(N)cc2)N=C1c1ccc(OC)c(OC(F)F)c1. The van der Waals surface area contributed by atoms with Crippen LogP contribution in [-0.2, 0) is 6.54 Å². The number of methoxy groups -OCH3 is 1. The van der Waals surface area contributed by atoms with E-state index in [9.17, 15) is 13.6 Å². The second-order valence-electron chi connectivity index (χ2n) is 6.31. The lowest BCUT2D eigenvalue weighted by Gasteiger charge is -2.28. The molecule has 1 heterocycles. The quantitative estimate of drug-likeness (QED) is 0.654. The van der Waals surface area contributed by atoms with E-state index in [0.717, 1.165) is 17.3 Å². The van der Waals surface area contributed by atoms with Crippen molar-refractivity contribution < 1.29 is 23.0 Å². The molecule has 0 saturated heterocycles. The fourth-order valence-corrected chi connectivity index (χ4v) is 3.85. The molecule has 0 aromatic heterocycles. The van der Waals surface area contributed by atoms with Crippen LogP contribution >= 0.6 is 11.8 Å². The van der Waals surface area contributed by atoms with Gasteiger partial charge in [-0.2, -0.15) is 13.9 Å². The Balaban J connectivity index is 1.95. The van der Waals surface area contributed by atoms with E-state index in [1.165, 1.54) is 18.2 Å². The van der Waals surface area contributed by atoms with Crippen molar-refractivity contribution in [1.29, 1.82) is 0 Å². The van der Waals surface area contributed by atoms with Crippen molar-refractivity contribution in [3.63, 3.8) is 0 Å². The Hall–Kier alpha value is -2.81. The zero-order chi connectivity index (χ0) is 21.0. The van der Waals surface area contributed by atoms with Gasteiger partial charge >= 0.3 is 11.9 Å². The lowest BCUT2D eigenvalue weighted by atomic mass is 10.0. The Kier molecular flexibility index (Phi) is 6.58. The maximum Gasteiger partial charge on any atom is 0.387 e. The largest absolute Gasteiger partial charge is 0.493 e. The standard InChI is InChI=1S/C20H21F2N3O3S/c1-3-17-18(13-6-9-15(27-2)16(10-13)28-19(21)22)24-25(20(26)29-17)11-12-4-7-14(23)8-5-12/h4-10,17,19H,3,11,23H2,1-2H3. The van der Waals surface area contributed by atoms with E-state index in [1.54, 1.807) is 24.3 Å². The van der Waals surface area contributed by atoms with Crippen molar-refractivity contribution in [2.45, 2.75) is 31.8 Å². The van der Waals surface area contributed by atoms with Crippen LogP contribution in [0.1, 0.15) is 24.5 Å². The molecule has 2 aromatic rings. The van der Waals surface area contributed by atoms with E-state index >= 15 is 0 Å². The predicted molar refractivity (Wildman–Crippen MR) is 110 cm³/mol. The number of thioether (sulfide) groups is 1. The second-order valence-corrected chi connectivity index (χ2v) is 7.46. The van der Waals surface area contributed by atoms with Crippen molar-refractivity contribution in [2.24, 2.45) is 5.10 Å². The third kappa shape index (κ3) is 4.97. The molecular formula is C20H21F2N3O3S. The highest BCUT2D eigenvalue weighted by atomic mass is 32.2. The van der Waals surface area contributed by atoms with Crippen LogP contribution in [0.15, 0.2) is 47.6 Å². The van der Waals surface area contributed by atoms with E-state index < -0.39 is 6.61 Å². The number of ether oxygens (including phenoxy) is 2. The number of anilines is 1. The molecule has 2 aromatic carbocycles. The molecule has 1 aliphatic rings. The zero-order valence-corrected chi connectivity index (χ0v) is 16.8. The highest BCUT2D eigenvalue weighted by Crippen LogP contribution is 2.34. The minimum absolute atomic E-state index is 0.0791. The lowest BCUT2D eigenvalue weighted by Crippen LogP contribution is -2.34. The van der Waals surface area contributed by atoms with Gasteiger partial charge in [0.25, 0.3) is 0 Å². The van der Waals surface area contributed by atoms with Crippen molar-refractivity contribution in [2.75, 3.05) is 12.8 Å². The van der Waals surface area contributed by atoms with Gasteiger partial charge in [0, 0.05) is 11.3 Å². The zero-order valence-electron chi connectivity index (χ0n) is 16.0. The van der Waals surface area contributed by atoms with Gasteiger partial charge in [0.15, 0.2) is 11.5 Å². The molecule has 1 unspecified atom stereocenters. The average molecular weight is 421 g/mol. The third-order valence-corrected chi connectivity index (χ3v) is 5.60. The first kappa shape index (κ1) is 20.9. The minimum Gasteiger partial charge on any atom is -0.493 e. The van der Waals surface area contributed by atoms with Crippen molar-refractivity contribution >= 4 is 28.4 Å². The predicted octanol–water partition coefficient (Wildman–Crippen LogP) is 4.73. The summed E-state index contributed by atoms with van der Waals surface area (Å²) in [6.45, 7) is -0.758. The first-order chi connectivity index (χ1) is 13.9. The monoisotopic (exact) mass is 421 g/mol. The maximum atomic E-state index is 12.8. The molecule has 1 aliphatic heterocycles. The Morgan fingerprint density at radius 3 is 2.55 bits per heavy atom. The topological polar surface area (TPSA) is 77.2 Å². The number of hydrogen-bond donors (Lipinski definition) is 1. The number of alkyl halides is 2. The van der Waals surface area contributed by atoms with Gasteiger partial charge in [-0.15, -0.1) is 0 Å². The lowest BCUT2D eigenvalue weighted by molar-refractivity contribution is -0.0512. The Labute approximate surface area is 171 Å². The van der Waals surface area contributed by atoms with Crippen LogP contribution in [0, 0.1) is 0 Å². The molecule has 0 aliphatic carbocycles. The van der Waals surface area contributed by atoms with Gasteiger partial charge in [0.05, 0.1) is 24.6 Å². The van der Waals surface area contributed by atoms with Gasteiger partial charge in [-0.3, -0.25) is 4.79 Å². The molecule has 0 fully saturated rings.